The number of H-pyrrole nitrogens is 1. The van der Waals surface area contributed by atoms with E-state index in [2.05, 4.69) is 15.2 Å². The number of thioether (sulfide) groups is 1. The van der Waals surface area contributed by atoms with E-state index in [4.69, 9.17) is 23.2 Å². The van der Waals surface area contributed by atoms with Crippen LogP contribution in [0.2, 0.25) is 0 Å². The summed E-state index contributed by atoms with van der Waals surface area (Å²) in [6.07, 6.45) is 0.862. The number of halogens is 2. The highest BCUT2D eigenvalue weighted by atomic mass is 35.5. The van der Waals surface area contributed by atoms with E-state index in [-0.39, 0.29) is 0 Å². The largest absolute Gasteiger partial charge is 0.254 e. The van der Waals surface area contributed by atoms with Gasteiger partial charge in [0.2, 0.25) is 5.78 Å². The molecule has 1 aliphatic rings. The van der Waals surface area contributed by atoms with E-state index >= 15 is 0 Å². The predicted molar refractivity (Wildman–Crippen MR) is 78.1 cm³/mol. The third kappa shape index (κ3) is 1.91. The molecule has 1 aliphatic carbocycles. The van der Waals surface area contributed by atoms with Gasteiger partial charge in [-0.05, 0) is 18.6 Å². The first-order chi connectivity index (χ1) is 9.15. The number of imidazole rings is 1. The fourth-order valence-electron chi connectivity index (χ4n) is 2.16. The van der Waals surface area contributed by atoms with Crippen LogP contribution in [0.5, 0.6) is 0 Å². The first kappa shape index (κ1) is 11.9. The zero-order valence-electron chi connectivity index (χ0n) is 9.81. The number of fused-ring (bicyclic) bond motifs is 3. The molecule has 3 aromatic rings. The van der Waals surface area contributed by atoms with Crippen molar-refractivity contribution in [1.29, 1.82) is 0 Å². The summed E-state index contributed by atoms with van der Waals surface area (Å²) in [5, 5.41) is 8.17. The first-order valence-corrected chi connectivity index (χ1v) is 7.71. The van der Waals surface area contributed by atoms with Gasteiger partial charge in [-0.3, -0.25) is 4.40 Å². The van der Waals surface area contributed by atoms with E-state index in [1.807, 2.05) is 28.7 Å². The smallest absolute Gasteiger partial charge is 0.231 e. The highest BCUT2D eigenvalue weighted by Crippen LogP contribution is 2.54. The molecule has 0 unspecified atom stereocenters. The Kier molecular flexibility index (Phi) is 2.53. The summed E-state index contributed by atoms with van der Waals surface area (Å²) < 4.78 is 1.51. The van der Waals surface area contributed by atoms with Crippen LogP contribution in [-0.2, 0) is 0 Å². The van der Waals surface area contributed by atoms with Gasteiger partial charge in [0.15, 0.2) is 5.16 Å². The van der Waals surface area contributed by atoms with Crippen molar-refractivity contribution in [2.24, 2.45) is 5.92 Å². The molecule has 0 amide bonds. The standard InChI is InChI=1S/C12H10Cl2N4S/c13-12(14)5-7(12)6-19-11-17-16-10-15-8-3-1-2-4-9(8)18(10)11/h1-4,7H,5-6H2,(H,15,16)/t7-/m1/s1. The van der Waals surface area contributed by atoms with Gasteiger partial charge in [-0.25, -0.2) is 10.1 Å². The van der Waals surface area contributed by atoms with Gasteiger partial charge >= 0.3 is 0 Å². The predicted octanol–water partition coefficient (Wildman–Crippen LogP) is 3.50. The van der Waals surface area contributed by atoms with Crippen LogP contribution in [0.3, 0.4) is 0 Å². The molecule has 19 heavy (non-hydrogen) atoms. The quantitative estimate of drug-likeness (QED) is 0.595. The lowest BCUT2D eigenvalue weighted by molar-refractivity contribution is 0.922. The molecule has 0 spiro atoms. The second-order valence-corrected chi connectivity index (χ2v) is 7.27. The van der Waals surface area contributed by atoms with E-state index in [9.17, 15) is 0 Å². The lowest BCUT2D eigenvalue weighted by Gasteiger charge is -1.99. The molecule has 7 heteroatoms. The maximum absolute atomic E-state index is 6.04. The minimum atomic E-state index is -0.528. The Bertz CT molecular complexity index is 763. The number of hydrogen-bond acceptors (Lipinski definition) is 3. The maximum Gasteiger partial charge on any atom is 0.231 e. The van der Waals surface area contributed by atoms with E-state index in [1.165, 1.54) is 0 Å². The maximum atomic E-state index is 6.04. The molecule has 2 aromatic heterocycles. The van der Waals surface area contributed by atoms with Crippen molar-refractivity contribution in [2.75, 3.05) is 5.75 Å². The summed E-state index contributed by atoms with van der Waals surface area (Å²) in [5.74, 6) is 1.99. The molecular weight excluding hydrogens is 303 g/mol. The normalized spacial score (nSPS) is 21.3. The Morgan fingerprint density at radius 1 is 1.42 bits per heavy atom. The van der Waals surface area contributed by atoms with Crippen molar-refractivity contribution < 1.29 is 0 Å². The number of hydrogen-bond donors (Lipinski definition) is 1. The Balaban J connectivity index is 1.70. The molecular formula is C12H10Cl2N4S. The van der Waals surface area contributed by atoms with E-state index in [0.717, 1.165) is 34.1 Å². The van der Waals surface area contributed by atoms with E-state index in [0.29, 0.717) is 5.92 Å². The van der Waals surface area contributed by atoms with E-state index in [1.54, 1.807) is 11.8 Å². The SMILES string of the molecule is ClC1(Cl)C[C@@H]1CSc1n[nH]c2nc3ccccc3n12. The minimum absolute atomic E-state index is 0.349. The Morgan fingerprint density at radius 3 is 3.00 bits per heavy atom. The van der Waals surface area contributed by atoms with Gasteiger partial charge in [0.05, 0.1) is 11.0 Å². The van der Waals surface area contributed by atoms with Crippen LogP contribution in [0.1, 0.15) is 6.42 Å². The lowest BCUT2D eigenvalue weighted by atomic mass is 10.3. The van der Waals surface area contributed by atoms with Crippen LogP contribution in [0.25, 0.3) is 16.8 Å². The van der Waals surface area contributed by atoms with Crippen molar-refractivity contribution in [3.8, 4) is 0 Å². The molecule has 4 rings (SSSR count). The van der Waals surface area contributed by atoms with Gasteiger partial charge < -0.3 is 0 Å². The zero-order chi connectivity index (χ0) is 13.0. The summed E-state index contributed by atoms with van der Waals surface area (Å²) in [4.78, 5) is 4.49. The van der Waals surface area contributed by atoms with Gasteiger partial charge in [0.25, 0.3) is 0 Å². The zero-order valence-corrected chi connectivity index (χ0v) is 12.1. The molecule has 2 heterocycles. The fraction of sp³-hybridized carbons (Fsp3) is 0.333. The van der Waals surface area contributed by atoms with Crippen molar-refractivity contribution in [2.45, 2.75) is 15.9 Å². The number of nitrogens with zero attached hydrogens (tertiary/aromatic N) is 3. The van der Waals surface area contributed by atoms with Crippen molar-refractivity contribution in [3.63, 3.8) is 0 Å². The first-order valence-electron chi connectivity index (χ1n) is 5.97. The van der Waals surface area contributed by atoms with Crippen molar-refractivity contribution in [1.82, 2.24) is 19.6 Å². The number of benzene rings is 1. The number of aromatic amines is 1. The van der Waals surface area contributed by atoms with Crippen LogP contribution < -0.4 is 0 Å². The lowest BCUT2D eigenvalue weighted by Crippen LogP contribution is -1.94. The van der Waals surface area contributed by atoms with Crippen molar-refractivity contribution in [3.05, 3.63) is 24.3 Å². The highest BCUT2D eigenvalue weighted by molar-refractivity contribution is 7.99. The molecule has 1 saturated carbocycles. The molecule has 1 atom stereocenters. The Hall–Kier alpha value is -0.910. The number of aromatic nitrogens is 4. The molecule has 0 aliphatic heterocycles. The highest BCUT2D eigenvalue weighted by Gasteiger charge is 2.51. The third-order valence-corrected chi connectivity index (χ3v) is 5.40. The number of rotatable bonds is 3. The molecule has 0 bridgehead atoms. The van der Waals surface area contributed by atoms with Crippen LogP contribution in [0.15, 0.2) is 29.4 Å². The van der Waals surface area contributed by atoms with E-state index < -0.39 is 4.33 Å². The summed E-state index contributed by atoms with van der Waals surface area (Å²) in [6, 6.07) is 8.02. The summed E-state index contributed by atoms with van der Waals surface area (Å²) in [7, 11) is 0. The van der Waals surface area contributed by atoms with Gasteiger partial charge in [0, 0.05) is 11.7 Å². The summed E-state index contributed by atoms with van der Waals surface area (Å²) in [5.41, 5.74) is 2.03. The van der Waals surface area contributed by atoms with Gasteiger partial charge in [-0.2, -0.15) is 0 Å². The second kappa shape index (κ2) is 4.04. The topological polar surface area (TPSA) is 46.0 Å². The van der Waals surface area contributed by atoms with Crippen molar-refractivity contribution >= 4 is 51.8 Å². The molecule has 1 aromatic carbocycles. The van der Waals surface area contributed by atoms with Crippen LogP contribution >= 0.6 is 35.0 Å². The number of alkyl halides is 2. The average molecular weight is 313 g/mol. The van der Waals surface area contributed by atoms with Gasteiger partial charge in [-0.15, -0.1) is 28.3 Å². The Morgan fingerprint density at radius 2 is 2.21 bits per heavy atom. The second-order valence-electron chi connectivity index (χ2n) is 4.74. The van der Waals surface area contributed by atoms with Crippen LogP contribution in [-0.4, -0.2) is 29.7 Å². The molecule has 0 saturated heterocycles. The van der Waals surface area contributed by atoms with Gasteiger partial charge in [-0.1, -0.05) is 23.9 Å². The molecule has 98 valence electrons. The summed E-state index contributed by atoms with van der Waals surface area (Å²) in [6.45, 7) is 0. The molecule has 1 fully saturated rings. The van der Waals surface area contributed by atoms with Gasteiger partial charge in [0.1, 0.15) is 4.33 Å². The molecule has 0 radical (unpaired) electrons. The van der Waals surface area contributed by atoms with Crippen LogP contribution in [0, 0.1) is 5.92 Å². The minimum Gasteiger partial charge on any atom is -0.254 e. The number of nitrogens with one attached hydrogen (secondary N) is 1. The number of para-hydroxylation sites is 2. The summed E-state index contributed by atoms with van der Waals surface area (Å²) >= 11 is 13.7. The Labute approximate surface area is 123 Å². The average Bonchev–Trinajstić information content (AvgIpc) is 2.77. The molecule has 1 N–H and O–H groups in total. The molecule has 4 nitrogen and oxygen atoms in total. The monoisotopic (exact) mass is 312 g/mol. The van der Waals surface area contributed by atoms with Crippen LogP contribution in [0.4, 0.5) is 0 Å². The fourth-order valence-corrected chi connectivity index (χ4v) is 4.05. The third-order valence-electron chi connectivity index (χ3n) is 3.37.